The Morgan fingerprint density at radius 1 is 1.38 bits per heavy atom. The van der Waals surface area contributed by atoms with Crippen molar-refractivity contribution in [3.63, 3.8) is 0 Å². The average molecular weight is 349 g/mol. The molecule has 1 atom stereocenters. The summed E-state index contributed by atoms with van der Waals surface area (Å²) >= 11 is 1.18. The first-order chi connectivity index (χ1) is 11.5. The van der Waals surface area contributed by atoms with Gasteiger partial charge >= 0.3 is 0 Å². The van der Waals surface area contributed by atoms with Gasteiger partial charge in [0.25, 0.3) is 5.56 Å². The summed E-state index contributed by atoms with van der Waals surface area (Å²) in [6, 6.07) is 7.25. The van der Waals surface area contributed by atoms with Gasteiger partial charge in [0, 0.05) is 11.8 Å². The molecule has 0 aliphatic rings. The van der Waals surface area contributed by atoms with Crippen LogP contribution < -0.4 is 10.9 Å². The minimum absolute atomic E-state index is 0.143. The maximum Gasteiger partial charge on any atom is 0.251 e. The maximum atomic E-state index is 12.9. The van der Waals surface area contributed by atoms with E-state index in [1.807, 2.05) is 13.8 Å². The van der Waals surface area contributed by atoms with Gasteiger partial charge in [-0.15, -0.1) is 0 Å². The van der Waals surface area contributed by atoms with Crippen molar-refractivity contribution in [1.29, 1.82) is 0 Å². The summed E-state index contributed by atoms with van der Waals surface area (Å²) in [5.74, 6) is -0.348. The fourth-order valence-corrected chi connectivity index (χ4v) is 2.89. The number of carbonyl (C=O) groups excluding carboxylic acids is 1. The summed E-state index contributed by atoms with van der Waals surface area (Å²) in [4.78, 5) is 30.6. The Kier molecular flexibility index (Phi) is 6.54. The fourth-order valence-electron chi connectivity index (χ4n) is 2.19. The highest BCUT2D eigenvalue weighted by molar-refractivity contribution is 7.99. The van der Waals surface area contributed by atoms with Crippen LogP contribution >= 0.6 is 11.8 Å². The zero-order valence-electron chi connectivity index (χ0n) is 13.6. The van der Waals surface area contributed by atoms with Gasteiger partial charge in [0.2, 0.25) is 5.91 Å². The fraction of sp³-hybridized carbons (Fsp3) is 0.353. The Hall–Kier alpha value is -2.15. The highest BCUT2D eigenvalue weighted by Gasteiger charge is 2.11. The normalized spacial score (nSPS) is 12.0. The minimum Gasteiger partial charge on any atom is -0.349 e. The van der Waals surface area contributed by atoms with Crippen molar-refractivity contribution in [2.24, 2.45) is 0 Å². The van der Waals surface area contributed by atoms with Gasteiger partial charge in [0.1, 0.15) is 5.82 Å². The van der Waals surface area contributed by atoms with E-state index in [-0.39, 0.29) is 29.1 Å². The van der Waals surface area contributed by atoms with Crippen molar-refractivity contribution in [2.75, 3.05) is 5.75 Å². The first-order valence-corrected chi connectivity index (χ1v) is 8.74. The zero-order chi connectivity index (χ0) is 17.5. The van der Waals surface area contributed by atoms with Crippen LogP contribution in [0.25, 0.3) is 0 Å². The predicted octanol–water partition coefficient (Wildman–Crippen LogP) is 2.83. The van der Waals surface area contributed by atoms with Crippen LogP contribution in [0.4, 0.5) is 4.39 Å². The molecule has 24 heavy (non-hydrogen) atoms. The van der Waals surface area contributed by atoms with Gasteiger partial charge in [-0.2, -0.15) is 0 Å². The molecule has 2 N–H and O–H groups in total. The topological polar surface area (TPSA) is 74.8 Å². The zero-order valence-corrected chi connectivity index (χ0v) is 14.5. The highest BCUT2D eigenvalue weighted by atomic mass is 32.2. The number of thioether (sulfide) groups is 1. The van der Waals surface area contributed by atoms with E-state index >= 15 is 0 Å². The van der Waals surface area contributed by atoms with Crippen LogP contribution in [-0.4, -0.2) is 21.6 Å². The molecule has 0 bridgehead atoms. The summed E-state index contributed by atoms with van der Waals surface area (Å²) in [7, 11) is 0. The largest absolute Gasteiger partial charge is 0.349 e. The number of rotatable bonds is 7. The van der Waals surface area contributed by atoms with E-state index in [9.17, 15) is 14.0 Å². The molecule has 0 aliphatic heterocycles. The SMILES string of the molecule is CCCc1cc(=O)[nH]c(SCC(=O)N[C@H](C)c2ccc(F)cc2)n1. The molecule has 1 heterocycles. The molecule has 0 saturated carbocycles. The lowest BCUT2D eigenvalue weighted by molar-refractivity contribution is -0.119. The number of aryl methyl sites for hydroxylation is 1. The van der Waals surface area contributed by atoms with Gasteiger partial charge in [-0.3, -0.25) is 9.59 Å². The van der Waals surface area contributed by atoms with Crippen molar-refractivity contribution in [3.05, 3.63) is 57.8 Å². The molecule has 2 aromatic rings. The third-order valence-corrected chi connectivity index (χ3v) is 4.24. The quantitative estimate of drug-likeness (QED) is 0.595. The number of H-pyrrole nitrogens is 1. The van der Waals surface area contributed by atoms with Crippen LogP contribution in [0, 0.1) is 5.82 Å². The van der Waals surface area contributed by atoms with E-state index in [4.69, 9.17) is 0 Å². The molecule has 0 fully saturated rings. The first kappa shape index (κ1) is 18.2. The lowest BCUT2D eigenvalue weighted by Gasteiger charge is -2.14. The summed E-state index contributed by atoms with van der Waals surface area (Å²) in [6.07, 6.45) is 1.63. The molecule has 2 rings (SSSR count). The Labute approximate surface area is 144 Å². The standard InChI is InChI=1S/C17H20FN3O2S/c1-3-4-14-9-15(22)21-17(20-14)24-10-16(23)19-11(2)12-5-7-13(18)8-6-12/h5-9,11H,3-4,10H2,1-2H3,(H,19,23)(H,20,21,22)/t11-/m1/s1. The number of nitrogens with one attached hydrogen (secondary N) is 2. The van der Waals surface area contributed by atoms with E-state index in [2.05, 4.69) is 15.3 Å². The molecular formula is C17H20FN3O2S. The van der Waals surface area contributed by atoms with Crippen molar-refractivity contribution in [2.45, 2.75) is 37.9 Å². The minimum atomic E-state index is -0.310. The molecule has 0 radical (unpaired) electrons. The molecule has 7 heteroatoms. The van der Waals surface area contributed by atoms with E-state index in [1.54, 1.807) is 12.1 Å². The van der Waals surface area contributed by atoms with E-state index in [0.29, 0.717) is 5.16 Å². The van der Waals surface area contributed by atoms with Crippen LogP contribution in [0.5, 0.6) is 0 Å². The Balaban J connectivity index is 1.91. The number of hydrogen-bond donors (Lipinski definition) is 2. The highest BCUT2D eigenvalue weighted by Crippen LogP contribution is 2.15. The van der Waals surface area contributed by atoms with Crippen molar-refractivity contribution >= 4 is 17.7 Å². The van der Waals surface area contributed by atoms with Crippen molar-refractivity contribution < 1.29 is 9.18 Å². The number of aromatic amines is 1. The van der Waals surface area contributed by atoms with Crippen LogP contribution in [0.2, 0.25) is 0 Å². The predicted molar refractivity (Wildman–Crippen MR) is 92.5 cm³/mol. The summed E-state index contributed by atoms with van der Waals surface area (Å²) in [5.41, 5.74) is 1.34. The van der Waals surface area contributed by atoms with Gasteiger partial charge < -0.3 is 10.3 Å². The number of halogens is 1. The second-order valence-electron chi connectivity index (χ2n) is 5.42. The molecule has 0 spiro atoms. The first-order valence-electron chi connectivity index (χ1n) is 7.75. The monoisotopic (exact) mass is 349 g/mol. The maximum absolute atomic E-state index is 12.9. The number of carbonyl (C=O) groups is 1. The number of benzene rings is 1. The molecule has 1 aromatic heterocycles. The molecule has 0 saturated heterocycles. The lowest BCUT2D eigenvalue weighted by Crippen LogP contribution is -2.28. The molecular weight excluding hydrogens is 329 g/mol. The van der Waals surface area contributed by atoms with E-state index in [1.165, 1.54) is 30.0 Å². The number of nitrogens with zero attached hydrogens (tertiary/aromatic N) is 1. The molecule has 1 aromatic carbocycles. The van der Waals surface area contributed by atoms with Crippen molar-refractivity contribution in [3.8, 4) is 0 Å². The summed E-state index contributed by atoms with van der Waals surface area (Å²) < 4.78 is 12.9. The van der Waals surface area contributed by atoms with Gasteiger partial charge in [0.15, 0.2) is 5.16 Å². The third kappa shape index (κ3) is 5.49. The van der Waals surface area contributed by atoms with Crippen LogP contribution in [0.3, 0.4) is 0 Å². The molecule has 0 aliphatic carbocycles. The molecule has 1 amide bonds. The van der Waals surface area contributed by atoms with E-state index in [0.717, 1.165) is 24.1 Å². The van der Waals surface area contributed by atoms with Crippen molar-refractivity contribution in [1.82, 2.24) is 15.3 Å². The summed E-state index contributed by atoms with van der Waals surface area (Å²) in [5, 5.41) is 3.28. The average Bonchev–Trinajstić information content (AvgIpc) is 2.53. The molecule has 128 valence electrons. The molecule has 5 nitrogen and oxygen atoms in total. The third-order valence-electron chi connectivity index (χ3n) is 3.37. The Morgan fingerprint density at radius 3 is 2.75 bits per heavy atom. The Bertz CT molecular complexity index is 746. The van der Waals surface area contributed by atoms with Gasteiger partial charge in [0.05, 0.1) is 11.8 Å². The Morgan fingerprint density at radius 2 is 2.08 bits per heavy atom. The number of aromatic nitrogens is 2. The molecule has 0 unspecified atom stereocenters. The van der Waals surface area contributed by atoms with E-state index < -0.39 is 0 Å². The van der Waals surface area contributed by atoms with Gasteiger partial charge in [-0.1, -0.05) is 37.2 Å². The lowest BCUT2D eigenvalue weighted by atomic mass is 10.1. The van der Waals surface area contributed by atoms with Crippen LogP contribution in [-0.2, 0) is 11.2 Å². The van der Waals surface area contributed by atoms with Crippen LogP contribution in [0.15, 0.2) is 40.3 Å². The van der Waals surface area contributed by atoms with Gasteiger partial charge in [-0.25, -0.2) is 9.37 Å². The second-order valence-corrected chi connectivity index (χ2v) is 6.39. The second kappa shape index (κ2) is 8.63. The smallest absolute Gasteiger partial charge is 0.251 e. The van der Waals surface area contributed by atoms with Crippen LogP contribution in [0.1, 0.15) is 37.6 Å². The number of amides is 1. The summed E-state index contributed by atoms with van der Waals surface area (Å²) in [6.45, 7) is 3.85. The number of hydrogen-bond acceptors (Lipinski definition) is 4. The van der Waals surface area contributed by atoms with Gasteiger partial charge in [-0.05, 0) is 31.0 Å².